The molecule has 3 nitrogen and oxygen atoms in total. The summed E-state index contributed by atoms with van der Waals surface area (Å²) in [6.07, 6.45) is 1.06. The molecule has 1 fully saturated rings. The molecule has 1 aliphatic heterocycles. The maximum Gasteiger partial charge on any atom is 0.108 e. The van der Waals surface area contributed by atoms with E-state index in [2.05, 4.69) is 76.5 Å². The van der Waals surface area contributed by atoms with E-state index in [1.54, 1.807) is 0 Å². The van der Waals surface area contributed by atoms with Crippen LogP contribution in [0.4, 0.5) is 0 Å². The average molecular weight is 435 g/mol. The number of hydrogen-bond acceptors (Lipinski definition) is 3. The van der Waals surface area contributed by atoms with E-state index in [4.69, 9.17) is 16.3 Å². The molecule has 1 unspecified atom stereocenters. The number of nitrogens with zero attached hydrogens (tertiary/aromatic N) is 2. The summed E-state index contributed by atoms with van der Waals surface area (Å²) >= 11 is 6.09. The Bertz CT molecular complexity index is 894. The lowest BCUT2D eigenvalue weighted by atomic mass is 10.0. The number of hydrogen-bond donors (Lipinski definition) is 0. The zero-order valence-electron chi connectivity index (χ0n) is 18.0. The normalized spacial score (nSPS) is 16.3. The van der Waals surface area contributed by atoms with Crippen molar-refractivity contribution < 1.29 is 4.74 Å². The van der Waals surface area contributed by atoms with Gasteiger partial charge in [-0.2, -0.15) is 0 Å². The lowest BCUT2D eigenvalue weighted by Gasteiger charge is -2.35. The first-order chi connectivity index (χ1) is 15.3. The molecule has 3 aromatic rings. The predicted octanol–water partition coefficient (Wildman–Crippen LogP) is 5.31. The summed E-state index contributed by atoms with van der Waals surface area (Å²) in [5, 5.41) is 0.751. The van der Waals surface area contributed by atoms with Crippen LogP contribution in [-0.4, -0.2) is 55.7 Å². The monoisotopic (exact) mass is 434 g/mol. The molecule has 0 spiro atoms. The summed E-state index contributed by atoms with van der Waals surface area (Å²) in [6, 6.07) is 29.2. The minimum absolute atomic E-state index is 0.0642. The van der Waals surface area contributed by atoms with Crippen molar-refractivity contribution in [1.29, 1.82) is 0 Å². The topological polar surface area (TPSA) is 15.7 Å². The third-order valence-electron chi connectivity index (χ3n) is 5.99. The van der Waals surface area contributed by atoms with E-state index in [1.807, 2.05) is 18.2 Å². The van der Waals surface area contributed by atoms with E-state index in [0.29, 0.717) is 6.61 Å². The molecule has 0 N–H and O–H groups in total. The molecule has 0 bridgehead atoms. The SMILES string of the molecule is Clc1ccc(C(OCCN2CCN(CCc3ccccc3)CC2)c2ccccc2)cc1. The van der Waals surface area contributed by atoms with Crippen molar-refractivity contribution in [2.45, 2.75) is 12.5 Å². The van der Waals surface area contributed by atoms with Crippen LogP contribution in [0.25, 0.3) is 0 Å². The second-order valence-corrected chi connectivity index (χ2v) is 8.57. The molecule has 1 aliphatic rings. The standard InChI is InChI=1S/C27H31ClN2O/c28-26-13-11-25(12-14-26)27(24-9-5-2-6-10-24)31-22-21-30-19-17-29(18-20-30)16-15-23-7-3-1-4-8-23/h1-14,27H,15-22H2. The minimum Gasteiger partial charge on any atom is -0.367 e. The molecule has 3 aromatic carbocycles. The molecule has 1 heterocycles. The first-order valence-corrected chi connectivity index (χ1v) is 11.6. The van der Waals surface area contributed by atoms with Crippen molar-refractivity contribution in [3.63, 3.8) is 0 Å². The number of ether oxygens (including phenoxy) is 1. The fourth-order valence-corrected chi connectivity index (χ4v) is 4.24. The van der Waals surface area contributed by atoms with E-state index in [0.717, 1.165) is 56.3 Å². The molecule has 0 radical (unpaired) electrons. The largest absolute Gasteiger partial charge is 0.367 e. The van der Waals surface area contributed by atoms with Gasteiger partial charge in [-0.15, -0.1) is 0 Å². The van der Waals surface area contributed by atoms with Gasteiger partial charge in [0.25, 0.3) is 0 Å². The highest BCUT2D eigenvalue weighted by atomic mass is 35.5. The van der Waals surface area contributed by atoms with Crippen molar-refractivity contribution in [1.82, 2.24) is 9.80 Å². The molecular weight excluding hydrogens is 404 g/mol. The maximum absolute atomic E-state index is 6.39. The summed E-state index contributed by atoms with van der Waals surface area (Å²) in [5.74, 6) is 0. The Labute approximate surface area is 191 Å². The van der Waals surface area contributed by atoms with E-state index in [9.17, 15) is 0 Å². The third kappa shape index (κ3) is 6.65. The summed E-state index contributed by atoms with van der Waals surface area (Å²) in [7, 11) is 0. The van der Waals surface area contributed by atoms with E-state index in [1.165, 1.54) is 11.1 Å². The molecule has 162 valence electrons. The Morgan fingerprint density at radius 2 is 1.23 bits per heavy atom. The highest BCUT2D eigenvalue weighted by Gasteiger charge is 2.18. The van der Waals surface area contributed by atoms with Crippen LogP contribution < -0.4 is 0 Å². The molecule has 0 saturated carbocycles. The van der Waals surface area contributed by atoms with Crippen molar-refractivity contribution in [3.05, 3.63) is 107 Å². The zero-order valence-corrected chi connectivity index (χ0v) is 18.8. The molecule has 0 aliphatic carbocycles. The van der Waals surface area contributed by atoms with Gasteiger partial charge in [0.05, 0.1) is 6.61 Å². The zero-order chi connectivity index (χ0) is 21.3. The summed E-state index contributed by atoms with van der Waals surface area (Å²) in [5.41, 5.74) is 3.74. The summed E-state index contributed by atoms with van der Waals surface area (Å²) < 4.78 is 6.39. The van der Waals surface area contributed by atoms with Gasteiger partial charge in [-0.1, -0.05) is 84.4 Å². The van der Waals surface area contributed by atoms with Crippen molar-refractivity contribution in [2.24, 2.45) is 0 Å². The van der Waals surface area contributed by atoms with E-state index < -0.39 is 0 Å². The van der Waals surface area contributed by atoms with Crippen molar-refractivity contribution >= 4 is 11.6 Å². The van der Waals surface area contributed by atoms with Crippen LogP contribution in [0.2, 0.25) is 5.02 Å². The number of benzene rings is 3. The van der Waals surface area contributed by atoms with Crippen LogP contribution in [0.5, 0.6) is 0 Å². The first-order valence-electron chi connectivity index (χ1n) is 11.2. The fraction of sp³-hybridized carbons (Fsp3) is 0.333. The minimum atomic E-state index is -0.0642. The summed E-state index contributed by atoms with van der Waals surface area (Å²) in [4.78, 5) is 5.09. The van der Waals surface area contributed by atoms with Crippen LogP contribution in [-0.2, 0) is 11.2 Å². The van der Waals surface area contributed by atoms with Gasteiger partial charge in [0.2, 0.25) is 0 Å². The molecule has 31 heavy (non-hydrogen) atoms. The maximum atomic E-state index is 6.39. The molecule has 1 saturated heterocycles. The smallest absolute Gasteiger partial charge is 0.108 e. The van der Waals surface area contributed by atoms with Gasteiger partial charge in [0, 0.05) is 44.3 Å². The molecule has 0 amide bonds. The third-order valence-corrected chi connectivity index (χ3v) is 6.24. The van der Waals surface area contributed by atoms with Gasteiger partial charge < -0.3 is 9.64 Å². The van der Waals surface area contributed by atoms with Crippen LogP contribution >= 0.6 is 11.6 Å². The van der Waals surface area contributed by atoms with E-state index >= 15 is 0 Å². The van der Waals surface area contributed by atoms with Gasteiger partial charge in [0.15, 0.2) is 0 Å². The quantitative estimate of drug-likeness (QED) is 0.454. The van der Waals surface area contributed by atoms with Gasteiger partial charge >= 0.3 is 0 Å². The Kier molecular flexibility index (Phi) is 8.14. The van der Waals surface area contributed by atoms with Crippen LogP contribution in [0.15, 0.2) is 84.9 Å². The lowest BCUT2D eigenvalue weighted by Crippen LogP contribution is -2.47. The van der Waals surface area contributed by atoms with Crippen LogP contribution in [0, 0.1) is 0 Å². The fourth-order valence-electron chi connectivity index (χ4n) is 4.12. The second kappa shape index (κ2) is 11.4. The van der Waals surface area contributed by atoms with Crippen molar-refractivity contribution in [2.75, 3.05) is 45.9 Å². The van der Waals surface area contributed by atoms with Crippen molar-refractivity contribution in [3.8, 4) is 0 Å². The number of rotatable bonds is 9. The molecular formula is C27H31ClN2O. The van der Waals surface area contributed by atoms with E-state index in [-0.39, 0.29) is 6.10 Å². The molecule has 1 atom stereocenters. The highest BCUT2D eigenvalue weighted by molar-refractivity contribution is 6.30. The Morgan fingerprint density at radius 3 is 1.87 bits per heavy atom. The number of piperazine rings is 1. The van der Waals surface area contributed by atoms with Gasteiger partial charge in [-0.05, 0) is 35.2 Å². The Morgan fingerprint density at radius 1 is 0.677 bits per heavy atom. The first kappa shape index (κ1) is 22.0. The second-order valence-electron chi connectivity index (χ2n) is 8.13. The van der Waals surface area contributed by atoms with Gasteiger partial charge in [-0.25, -0.2) is 0 Å². The Balaban J connectivity index is 1.24. The highest BCUT2D eigenvalue weighted by Crippen LogP contribution is 2.27. The Hall–Kier alpha value is -2.17. The van der Waals surface area contributed by atoms with Gasteiger partial charge in [0.1, 0.15) is 6.10 Å². The number of halogens is 1. The average Bonchev–Trinajstić information content (AvgIpc) is 2.83. The molecule has 0 aromatic heterocycles. The summed E-state index contributed by atoms with van der Waals surface area (Å²) in [6.45, 7) is 7.29. The predicted molar refractivity (Wildman–Crippen MR) is 129 cm³/mol. The molecule has 4 rings (SSSR count). The molecule has 4 heteroatoms. The van der Waals surface area contributed by atoms with Crippen LogP contribution in [0.3, 0.4) is 0 Å². The lowest BCUT2D eigenvalue weighted by molar-refractivity contribution is 0.0454. The van der Waals surface area contributed by atoms with Crippen LogP contribution in [0.1, 0.15) is 22.8 Å². The van der Waals surface area contributed by atoms with Gasteiger partial charge in [-0.3, -0.25) is 4.90 Å².